The largest absolute Gasteiger partial charge is 0.381 e. The molecule has 1 fully saturated rings. The first kappa shape index (κ1) is 17.3. The Hall–Kier alpha value is -2.13. The fourth-order valence-electron chi connectivity index (χ4n) is 4.41. The van der Waals surface area contributed by atoms with E-state index in [2.05, 4.69) is 60.4 Å². The Morgan fingerprint density at radius 2 is 1.65 bits per heavy atom. The minimum atomic E-state index is 0.0513. The van der Waals surface area contributed by atoms with Crippen molar-refractivity contribution >= 4 is 5.91 Å². The van der Waals surface area contributed by atoms with E-state index in [1.54, 1.807) is 0 Å². The molecule has 3 nitrogen and oxygen atoms in total. The number of ether oxygens (including phenoxy) is 1. The van der Waals surface area contributed by atoms with Crippen LogP contribution in [0.5, 0.6) is 0 Å². The fraction of sp³-hybridized carbons (Fsp3) is 0.435. The molecule has 2 atom stereocenters. The third kappa shape index (κ3) is 3.41. The Kier molecular flexibility index (Phi) is 5.07. The van der Waals surface area contributed by atoms with Crippen molar-refractivity contribution in [1.82, 2.24) is 4.90 Å². The zero-order valence-electron chi connectivity index (χ0n) is 15.4. The third-order valence-corrected chi connectivity index (χ3v) is 6.08. The number of rotatable bonds is 3. The van der Waals surface area contributed by atoms with Crippen molar-refractivity contribution in [3.63, 3.8) is 0 Å². The van der Waals surface area contributed by atoms with Crippen molar-refractivity contribution < 1.29 is 9.53 Å². The molecule has 0 N–H and O–H groups in total. The van der Waals surface area contributed by atoms with Crippen LogP contribution in [0.2, 0.25) is 0 Å². The number of benzene rings is 2. The number of fused-ring (bicyclic) bond motifs is 1. The van der Waals surface area contributed by atoms with Gasteiger partial charge in [0, 0.05) is 25.7 Å². The van der Waals surface area contributed by atoms with Crippen LogP contribution in [0, 0.1) is 11.8 Å². The van der Waals surface area contributed by atoms with Gasteiger partial charge in [-0.1, -0.05) is 61.5 Å². The normalized spacial score (nSPS) is 21.9. The molecule has 136 valence electrons. The predicted octanol–water partition coefficient (Wildman–Crippen LogP) is 4.38. The number of carbonyl (C=O) groups is 1. The molecule has 0 radical (unpaired) electrons. The molecule has 0 unspecified atom stereocenters. The van der Waals surface area contributed by atoms with Crippen LogP contribution >= 0.6 is 0 Å². The smallest absolute Gasteiger partial charge is 0.226 e. The fourth-order valence-corrected chi connectivity index (χ4v) is 4.41. The van der Waals surface area contributed by atoms with E-state index in [0.29, 0.717) is 18.4 Å². The third-order valence-electron chi connectivity index (χ3n) is 6.08. The lowest BCUT2D eigenvalue weighted by atomic mass is 9.84. The molecule has 2 aromatic carbocycles. The molecule has 26 heavy (non-hydrogen) atoms. The van der Waals surface area contributed by atoms with Crippen molar-refractivity contribution in [2.75, 3.05) is 13.2 Å². The Balaban J connectivity index is 1.63. The highest BCUT2D eigenvalue weighted by molar-refractivity contribution is 5.79. The summed E-state index contributed by atoms with van der Waals surface area (Å²) in [5.74, 6) is 0.778. The Labute approximate surface area is 156 Å². The van der Waals surface area contributed by atoms with Crippen LogP contribution in [0.1, 0.15) is 42.5 Å². The van der Waals surface area contributed by atoms with Gasteiger partial charge in [-0.3, -0.25) is 4.79 Å². The number of hydrogen-bond acceptors (Lipinski definition) is 2. The zero-order valence-corrected chi connectivity index (χ0v) is 15.4. The zero-order chi connectivity index (χ0) is 17.9. The van der Waals surface area contributed by atoms with Crippen LogP contribution in [-0.4, -0.2) is 24.0 Å². The lowest BCUT2D eigenvalue weighted by molar-refractivity contribution is -0.141. The quantitative estimate of drug-likeness (QED) is 0.823. The summed E-state index contributed by atoms with van der Waals surface area (Å²) < 4.78 is 5.49. The summed E-state index contributed by atoms with van der Waals surface area (Å²) in [6.07, 6.45) is 2.88. The Morgan fingerprint density at radius 3 is 2.38 bits per heavy atom. The maximum absolute atomic E-state index is 13.5. The first-order valence-electron chi connectivity index (χ1n) is 9.74. The van der Waals surface area contributed by atoms with E-state index in [4.69, 9.17) is 4.74 Å². The second-order valence-corrected chi connectivity index (χ2v) is 7.60. The summed E-state index contributed by atoms with van der Waals surface area (Å²) in [5.41, 5.74) is 3.88. The topological polar surface area (TPSA) is 29.5 Å². The molecule has 4 rings (SSSR count). The molecule has 0 aliphatic carbocycles. The van der Waals surface area contributed by atoms with Gasteiger partial charge in [0.15, 0.2) is 0 Å². The molecule has 3 heteroatoms. The highest BCUT2D eigenvalue weighted by Gasteiger charge is 2.35. The average molecular weight is 349 g/mol. The summed E-state index contributed by atoms with van der Waals surface area (Å²) in [7, 11) is 0. The van der Waals surface area contributed by atoms with Gasteiger partial charge in [0.1, 0.15) is 0 Å². The van der Waals surface area contributed by atoms with E-state index in [-0.39, 0.29) is 12.0 Å². The van der Waals surface area contributed by atoms with Gasteiger partial charge < -0.3 is 9.64 Å². The molecular formula is C23H27NO2. The van der Waals surface area contributed by atoms with Gasteiger partial charge in [-0.05, 0) is 41.9 Å². The van der Waals surface area contributed by atoms with Crippen molar-refractivity contribution in [2.45, 2.75) is 38.8 Å². The molecule has 2 aliphatic rings. The maximum Gasteiger partial charge on any atom is 0.226 e. The van der Waals surface area contributed by atoms with Crippen LogP contribution in [0.25, 0.3) is 0 Å². The van der Waals surface area contributed by atoms with Gasteiger partial charge in [0.05, 0.1) is 6.04 Å². The number of nitrogens with zero attached hydrogens (tertiary/aromatic N) is 1. The maximum atomic E-state index is 13.5. The number of amides is 1. The highest BCUT2D eigenvalue weighted by atomic mass is 16.5. The van der Waals surface area contributed by atoms with E-state index in [9.17, 15) is 4.79 Å². The molecule has 0 saturated carbocycles. The van der Waals surface area contributed by atoms with Crippen molar-refractivity contribution in [2.24, 2.45) is 11.8 Å². The summed E-state index contributed by atoms with van der Waals surface area (Å²) in [5, 5.41) is 0. The van der Waals surface area contributed by atoms with Crippen LogP contribution in [0.15, 0.2) is 54.6 Å². The highest BCUT2D eigenvalue weighted by Crippen LogP contribution is 2.36. The lowest BCUT2D eigenvalue weighted by Gasteiger charge is -2.40. The molecule has 0 spiro atoms. The first-order valence-corrected chi connectivity index (χ1v) is 9.74. The Bertz CT molecular complexity index is 752. The Morgan fingerprint density at radius 1 is 1.00 bits per heavy atom. The van der Waals surface area contributed by atoms with Gasteiger partial charge in [-0.15, -0.1) is 0 Å². The van der Waals surface area contributed by atoms with Crippen LogP contribution in [0.4, 0.5) is 0 Å². The van der Waals surface area contributed by atoms with Gasteiger partial charge in [0.25, 0.3) is 0 Å². The molecule has 1 amide bonds. The van der Waals surface area contributed by atoms with Crippen molar-refractivity contribution in [1.29, 1.82) is 0 Å². The molecule has 2 heterocycles. The van der Waals surface area contributed by atoms with E-state index < -0.39 is 0 Å². The average Bonchev–Trinajstić information content (AvgIpc) is 2.73. The minimum Gasteiger partial charge on any atom is -0.381 e. The van der Waals surface area contributed by atoms with Crippen LogP contribution in [-0.2, 0) is 22.5 Å². The van der Waals surface area contributed by atoms with Gasteiger partial charge >= 0.3 is 0 Å². The minimum absolute atomic E-state index is 0.0513. The number of hydrogen-bond donors (Lipinski definition) is 0. The van der Waals surface area contributed by atoms with Crippen molar-refractivity contribution in [3.05, 3.63) is 71.3 Å². The molecule has 0 aromatic heterocycles. The van der Waals surface area contributed by atoms with E-state index in [1.165, 1.54) is 16.7 Å². The van der Waals surface area contributed by atoms with E-state index in [0.717, 1.165) is 32.5 Å². The SMILES string of the molecule is C[C@H](C(=O)N1Cc2ccccc2C[C@@H]1c1ccccc1)C1CCOCC1. The summed E-state index contributed by atoms with van der Waals surface area (Å²) >= 11 is 0. The standard InChI is InChI=1S/C23H27NO2/c1-17(18-11-13-26-14-12-18)23(25)24-16-21-10-6-5-9-20(21)15-22(24)19-7-3-2-4-8-19/h2-10,17-18,22H,11-16H2,1H3/t17-,22+/m0/s1. The second-order valence-electron chi connectivity index (χ2n) is 7.60. The first-order chi connectivity index (χ1) is 12.7. The van der Waals surface area contributed by atoms with E-state index in [1.807, 2.05) is 6.07 Å². The number of carbonyl (C=O) groups excluding carboxylic acids is 1. The van der Waals surface area contributed by atoms with Gasteiger partial charge in [-0.25, -0.2) is 0 Å². The van der Waals surface area contributed by atoms with Crippen LogP contribution < -0.4 is 0 Å². The molecular weight excluding hydrogens is 322 g/mol. The second kappa shape index (κ2) is 7.63. The monoisotopic (exact) mass is 349 g/mol. The summed E-state index contributed by atoms with van der Waals surface area (Å²) in [4.78, 5) is 15.6. The van der Waals surface area contributed by atoms with E-state index >= 15 is 0 Å². The lowest BCUT2D eigenvalue weighted by Crippen LogP contribution is -2.43. The van der Waals surface area contributed by atoms with Gasteiger partial charge in [-0.2, -0.15) is 0 Å². The molecule has 2 aromatic rings. The predicted molar refractivity (Wildman–Crippen MR) is 103 cm³/mol. The van der Waals surface area contributed by atoms with Gasteiger partial charge in [0.2, 0.25) is 5.91 Å². The molecule has 1 saturated heterocycles. The van der Waals surface area contributed by atoms with Crippen LogP contribution in [0.3, 0.4) is 0 Å². The van der Waals surface area contributed by atoms with Crippen molar-refractivity contribution in [3.8, 4) is 0 Å². The molecule has 2 aliphatic heterocycles. The summed E-state index contributed by atoms with van der Waals surface area (Å²) in [6.45, 7) is 4.39. The molecule has 0 bridgehead atoms. The summed E-state index contributed by atoms with van der Waals surface area (Å²) in [6, 6.07) is 19.1.